The van der Waals surface area contributed by atoms with Crippen LogP contribution in [0, 0.1) is 13.8 Å². The van der Waals surface area contributed by atoms with Gasteiger partial charge in [0.15, 0.2) is 0 Å². The molecule has 5 heteroatoms. The first kappa shape index (κ1) is 17.8. The van der Waals surface area contributed by atoms with Gasteiger partial charge in [0, 0.05) is 12.2 Å². The number of nitrogens with zero attached hydrogens (tertiary/aromatic N) is 1. The molecule has 2 rings (SSSR count). The Balaban J connectivity index is 2.61. The van der Waals surface area contributed by atoms with Gasteiger partial charge >= 0.3 is 11.9 Å². The summed E-state index contributed by atoms with van der Waals surface area (Å²) >= 11 is 0. The number of hydrogen-bond acceptors (Lipinski definition) is 3. The predicted octanol–water partition coefficient (Wildman–Crippen LogP) is 3.59. The van der Waals surface area contributed by atoms with Gasteiger partial charge in [0.1, 0.15) is 5.69 Å². The van der Waals surface area contributed by atoms with Crippen molar-refractivity contribution in [1.29, 1.82) is 0 Å². The lowest BCUT2D eigenvalue weighted by atomic mass is 10.1. The zero-order chi connectivity index (χ0) is 17.9. The number of aromatic nitrogens is 1. The number of carboxylic acids is 1. The van der Waals surface area contributed by atoms with E-state index in [0.717, 1.165) is 12.0 Å². The van der Waals surface area contributed by atoms with Crippen LogP contribution < -0.4 is 0 Å². The Hall–Kier alpha value is -2.56. The van der Waals surface area contributed by atoms with Crippen molar-refractivity contribution in [2.45, 2.75) is 40.7 Å². The normalized spacial score (nSPS) is 10.7. The first-order valence-electron chi connectivity index (χ1n) is 8.09. The Morgan fingerprint density at radius 2 is 1.75 bits per heavy atom. The minimum absolute atomic E-state index is 0.173. The van der Waals surface area contributed by atoms with Gasteiger partial charge in [-0.25, -0.2) is 9.59 Å². The molecule has 128 valence electrons. The average molecular weight is 329 g/mol. The van der Waals surface area contributed by atoms with Gasteiger partial charge in [0.05, 0.1) is 12.2 Å². The molecule has 1 aromatic carbocycles. The van der Waals surface area contributed by atoms with Gasteiger partial charge < -0.3 is 14.4 Å². The van der Waals surface area contributed by atoms with E-state index in [9.17, 15) is 14.7 Å². The maximum absolute atomic E-state index is 12.4. The number of esters is 1. The topological polar surface area (TPSA) is 68.5 Å². The molecule has 0 atom stereocenters. The lowest BCUT2D eigenvalue weighted by Crippen LogP contribution is -2.15. The third-order valence-corrected chi connectivity index (χ3v) is 4.28. The van der Waals surface area contributed by atoms with Crippen LogP contribution in [-0.4, -0.2) is 28.2 Å². The van der Waals surface area contributed by atoms with Gasteiger partial charge in [0.2, 0.25) is 0 Å². The number of ether oxygens (including phenoxy) is 1. The van der Waals surface area contributed by atoms with Crippen LogP contribution in [0.15, 0.2) is 24.3 Å². The van der Waals surface area contributed by atoms with Crippen molar-refractivity contribution in [2.24, 2.45) is 0 Å². The fraction of sp³-hybridized carbons (Fsp3) is 0.368. The van der Waals surface area contributed by atoms with Gasteiger partial charge in [-0.1, -0.05) is 31.2 Å². The minimum atomic E-state index is -1.03. The first-order chi connectivity index (χ1) is 11.4. The Morgan fingerprint density at radius 3 is 2.29 bits per heavy atom. The number of hydrogen-bond donors (Lipinski definition) is 1. The standard InChI is InChI=1S/C19H23NO4/c1-5-14-9-7-8-10-15(14)11-20-13(4)16(18(21)22)12(3)17(20)19(23)24-6-2/h7-10H,5-6,11H2,1-4H3,(H,21,22). The summed E-state index contributed by atoms with van der Waals surface area (Å²) in [5.74, 6) is -1.52. The van der Waals surface area contributed by atoms with Crippen molar-refractivity contribution in [3.05, 3.63) is 57.9 Å². The largest absolute Gasteiger partial charge is 0.478 e. The van der Waals surface area contributed by atoms with Crippen molar-refractivity contribution < 1.29 is 19.4 Å². The molecule has 0 saturated heterocycles. The quantitative estimate of drug-likeness (QED) is 0.822. The molecule has 0 saturated carbocycles. The van der Waals surface area contributed by atoms with E-state index < -0.39 is 11.9 Å². The highest BCUT2D eigenvalue weighted by Gasteiger charge is 2.27. The smallest absolute Gasteiger partial charge is 0.355 e. The molecule has 0 bridgehead atoms. The summed E-state index contributed by atoms with van der Waals surface area (Å²) in [6, 6.07) is 7.97. The zero-order valence-corrected chi connectivity index (χ0v) is 14.5. The molecule has 5 nitrogen and oxygen atoms in total. The van der Waals surface area contributed by atoms with E-state index in [1.807, 2.05) is 24.3 Å². The zero-order valence-electron chi connectivity index (χ0n) is 14.5. The first-order valence-corrected chi connectivity index (χ1v) is 8.09. The van der Waals surface area contributed by atoms with E-state index in [4.69, 9.17) is 4.74 Å². The second kappa shape index (κ2) is 7.34. The molecule has 0 fully saturated rings. The maximum Gasteiger partial charge on any atom is 0.355 e. The molecule has 1 heterocycles. The van der Waals surface area contributed by atoms with E-state index in [-0.39, 0.29) is 12.2 Å². The van der Waals surface area contributed by atoms with Crippen LogP contribution in [0.3, 0.4) is 0 Å². The number of benzene rings is 1. The number of rotatable bonds is 6. The molecule has 1 aromatic heterocycles. The van der Waals surface area contributed by atoms with Gasteiger partial charge in [-0.15, -0.1) is 0 Å². The number of aryl methyl sites for hydroxylation is 1. The summed E-state index contributed by atoms with van der Waals surface area (Å²) < 4.78 is 6.89. The van der Waals surface area contributed by atoms with Gasteiger partial charge in [-0.05, 0) is 43.9 Å². The van der Waals surface area contributed by atoms with Crippen molar-refractivity contribution in [3.8, 4) is 0 Å². The van der Waals surface area contributed by atoms with Crippen LogP contribution >= 0.6 is 0 Å². The molecule has 0 spiro atoms. The van der Waals surface area contributed by atoms with E-state index in [1.54, 1.807) is 25.3 Å². The molecule has 0 unspecified atom stereocenters. The molecule has 24 heavy (non-hydrogen) atoms. The van der Waals surface area contributed by atoms with Crippen molar-refractivity contribution in [2.75, 3.05) is 6.61 Å². The minimum Gasteiger partial charge on any atom is -0.478 e. The fourth-order valence-corrected chi connectivity index (χ4v) is 3.10. The van der Waals surface area contributed by atoms with Crippen molar-refractivity contribution in [3.63, 3.8) is 0 Å². The van der Waals surface area contributed by atoms with Gasteiger partial charge in [-0.3, -0.25) is 0 Å². The maximum atomic E-state index is 12.4. The van der Waals surface area contributed by atoms with E-state index >= 15 is 0 Å². The van der Waals surface area contributed by atoms with E-state index in [2.05, 4.69) is 6.92 Å². The third-order valence-electron chi connectivity index (χ3n) is 4.28. The van der Waals surface area contributed by atoms with E-state index in [0.29, 0.717) is 23.5 Å². The SMILES string of the molecule is CCOC(=O)c1c(C)c(C(=O)O)c(C)n1Cc1ccccc1CC. The molecule has 0 aliphatic heterocycles. The third kappa shape index (κ3) is 3.20. The van der Waals surface area contributed by atoms with Crippen LogP contribution in [-0.2, 0) is 17.7 Å². The summed E-state index contributed by atoms with van der Waals surface area (Å²) in [6.07, 6.45) is 0.871. The number of carbonyl (C=O) groups excluding carboxylic acids is 1. The van der Waals surface area contributed by atoms with Gasteiger partial charge in [0.25, 0.3) is 0 Å². The Kier molecular flexibility index (Phi) is 5.44. The summed E-state index contributed by atoms with van der Waals surface area (Å²) in [5.41, 5.74) is 3.75. The van der Waals surface area contributed by atoms with Gasteiger partial charge in [-0.2, -0.15) is 0 Å². The summed E-state index contributed by atoms with van der Waals surface area (Å²) in [6.45, 7) is 7.88. The molecular formula is C19H23NO4. The average Bonchev–Trinajstić information content (AvgIpc) is 2.78. The van der Waals surface area contributed by atoms with Crippen LogP contribution in [0.1, 0.15) is 57.1 Å². The van der Waals surface area contributed by atoms with Crippen LogP contribution in [0.5, 0.6) is 0 Å². The Labute approximate surface area is 141 Å². The summed E-state index contributed by atoms with van der Waals surface area (Å²) in [7, 11) is 0. The predicted molar refractivity (Wildman–Crippen MR) is 91.7 cm³/mol. The molecule has 0 radical (unpaired) electrons. The highest BCUT2D eigenvalue weighted by molar-refractivity contribution is 5.98. The highest BCUT2D eigenvalue weighted by atomic mass is 16.5. The monoisotopic (exact) mass is 329 g/mol. The lowest BCUT2D eigenvalue weighted by Gasteiger charge is -2.14. The molecule has 2 aromatic rings. The molecule has 0 aliphatic carbocycles. The Bertz CT molecular complexity index is 774. The summed E-state index contributed by atoms with van der Waals surface area (Å²) in [4.78, 5) is 24.0. The van der Waals surface area contributed by atoms with Crippen molar-refractivity contribution in [1.82, 2.24) is 4.57 Å². The second-order valence-electron chi connectivity index (χ2n) is 5.67. The summed E-state index contributed by atoms with van der Waals surface area (Å²) in [5, 5.41) is 9.50. The number of aromatic carboxylic acids is 1. The van der Waals surface area contributed by atoms with E-state index in [1.165, 1.54) is 5.56 Å². The molecular weight excluding hydrogens is 306 g/mol. The number of carboxylic acid groups (broad SMARTS) is 1. The fourth-order valence-electron chi connectivity index (χ4n) is 3.10. The molecule has 1 N–H and O–H groups in total. The van der Waals surface area contributed by atoms with Crippen LogP contribution in [0.4, 0.5) is 0 Å². The van der Waals surface area contributed by atoms with Crippen LogP contribution in [0.25, 0.3) is 0 Å². The Morgan fingerprint density at radius 1 is 1.12 bits per heavy atom. The second-order valence-corrected chi connectivity index (χ2v) is 5.67. The molecule has 0 amide bonds. The van der Waals surface area contributed by atoms with Crippen LogP contribution in [0.2, 0.25) is 0 Å². The number of carbonyl (C=O) groups is 2. The lowest BCUT2D eigenvalue weighted by molar-refractivity contribution is 0.0513. The van der Waals surface area contributed by atoms with Crippen molar-refractivity contribution >= 4 is 11.9 Å². The molecule has 0 aliphatic rings. The highest BCUT2D eigenvalue weighted by Crippen LogP contribution is 2.25.